The van der Waals surface area contributed by atoms with Crippen molar-refractivity contribution in [3.63, 3.8) is 0 Å². The normalized spacial score (nSPS) is 19.8. The van der Waals surface area contributed by atoms with Crippen LogP contribution in [0.1, 0.15) is 33.1 Å². The molecule has 458 valence electrons. The van der Waals surface area contributed by atoms with Gasteiger partial charge in [0.25, 0.3) is 0 Å². The van der Waals surface area contributed by atoms with Crippen molar-refractivity contribution in [2.24, 2.45) is 11.5 Å². The minimum absolute atomic E-state index is 0.00907. The maximum absolute atomic E-state index is 13.6. The number of carboxylic acids is 2. The molecular formula is C48H79N11O22. The molecule has 2 heterocycles. The first-order chi connectivity index (χ1) is 38.4. The highest BCUT2D eigenvalue weighted by Crippen LogP contribution is 2.27. The van der Waals surface area contributed by atoms with E-state index in [2.05, 4.69) is 27.2 Å². The summed E-state index contributed by atoms with van der Waals surface area (Å²) < 4.78 is 49.6. The third-order valence-corrected chi connectivity index (χ3v) is 11.7. The van der Waals surface area contributed by atoms with E-state index >= 15 is 0 Å². The Hall–Kier alpha value is -7.29. The summed E-state index contributed by atoms with van der Waals surface area (Å²) in [6.07, 6.45) is -5.02. The number of amides is 5. The topological polar surface area (TPSA) is 482 Å². The van der Waals surface area contributed by atoms with E-state index in [-0.39, 0.29) is 91.2 Å². The van der Waals surface area contributed by atoms with Gasteiger partial charge in [-0.15, -0.1) is 6.42 Å². The molecule has 0 aromatic heterocycles. The summed E-state index contributed by atoms with van der Waals surface area (Å²) in [5.41, 5.74) is 11.0. The zero-order chi connectivity index (χ0) is 60.6. The fourth-order valence-corrected chi connectivity index (χ4v) is 7.81. The molecule has 0 aliphatic carbocycles. The molecule has 0 spiro atoms. The number of nitrogens with two attached hydrogens (primary N) is 2. The van der Waals surface area contributed by atoms with Crippen LogP contribution in [0.3, 0.4) is 0 Å². The Morgan fingerprint density at radius 2 is 1.02 bits per heavy atom. The summed E-state index contributed by atoms with van der Waals surface area (Å²) in [6, 6.07) is -5.00. The fourth-order valence-electron chi connectivity index (χ4n) is 7.81. The SMILES string of the molecule is C#CCOCCOCCOCCOCCC(=O)N(CCCCN(C)C(=O)O[C@@H]([C@@H]1OC(C(=O)O)=C[C@H](NC(=N)N)[C@H]1NC(C)=O)[C@H](O)CO)CCOCCN(C)C(=O)O[C@@H]([C@@H]1OC(C(=O)O)=C[C@H](NC(=N)N)[C@H]1NC(C)=O)[C@H](O)CO. The Balaban J connectivity index is 2.13. The Labute approximate surface area is 467 Å². The van der Waals surface area contributed by atoms with Crippen molar-refractivity contribution in [1.82, 2.24) is 36.0 Å². The third-order valence-electron chi connectivity index (χ3n) is 11.7. The number of carbonyl (C=O) groups is 7. The number of likely N-dealkylation sites (N-methyl/N-ethyl adjacent to an activating group) is 1. The molecule has 33 nitrogen and oxygen atoms in total. The number of hydrogen-bond donors (Lipinski definition) is 14. The molecule has 0 aromatic carbocycles. The Morgan fingerprint density at radius 1 is 0.630 bits per heavy atom. The first-order valence-electron chi connectivity index (χ1n) is 25.5. The summed E-state index contributed by atoms with van der Waals surface area (Å²) in [6.45, 7) is 2.03. The van der Waals surface area contributed by atoms with Gasteiger partial charge in [0, 0.05) is 54.1 Å². The van der Waals surface area contributed by atoms with E-state index in [1.807, 2.05) is 0 Å². The standard InChI is InChI=1S/C48H79N11O22/c1-6-14-73-18-20-76-22-23-77-21-19-74-15-9-36(66)59(11-8-7-10-57(4)47(71)80-39(32(64)26-60)41-37(53-28(2)62)30(55-45(49)50)24-34(78-41)43(67)68)13-17-75-16-12-58(5)48(72)81-40(33(65)27-61)42-38(54-29(3)63)31(56-46(51)52)25-35(79-42)44(69)70/h1,24-25,30-33,37-42,60-61,64-65H,7-23,26-27H2,2-5H3,(H,53,62)(H,54,63)(H,67,68)(H,69,70)(H4,49,50,55)(H4,51,52,56)/t30-,31-,32+,33+,37+,38+,39+,40+,41+,42+/m0/s1. The third kappa shape index (κ3) is 25.8. The molecule has 2 aliphatic heterocycles. The maximum atomic E-state index is 13.6. The van der Waals surface area contributed by atoms with Crippen molar-refractivity contribution >= 4 is 53.8 Å². The van der Waals surface area contributed by atoms with Crippen molar-refractivity contribution < 1.29 is 107 Å². The van der Waals surface area contributed by atoms with Gasteiger partial charge in [-0.2, -0.15) is 0 Å². The van der Waals surface area contributed by atoms with Gasteiger partial charge in [0.15, 0.2) is 36.3 Å². The first-order valence-corrected chi connectivity index (χ1v) is 25.5. The molecule has 0 saturated heterocycles. The first kappa shape index (κ1) is 69.8. The van der Waals surface area contributed by atoms with E-state index in [0.717, 1.165) is 35.8 Å². The molecule has 33 heteroatoms. The summed E-state index contributed by atoms with van der Waals surface area (Å²) in [7, 11) is 2.66. The van der Waals surface area contributed by atoms with E-state index in [1.54, 1.807) is 0 Å². The number of aliphatic carboxylic acids is 2. The minimum atomic E-state index is -1.87. The van der Waals surface area contributed by atoms with Crippen LogP contribution in [0.15, 0.2) is 23.7 Å². The molecule has 0 aromatic rings. The van der Waals surface area contributed by atoms with Crippen LogP contribution in [0.5, 0.6) is 0 Å². The Morgan fingerprint density at radius 3 is 1.43 bits per heavy atom. The van der Waals surface area contributed by atoms with E-state index in [0.29, 0.717) is 26.2 Å². The highest BCUT2D eigenvalue weighted by molar-refractivity contribution is 5.86. The number of terminal acetylenes is 1. The van der Waals surface area contributed by atoms with E-state index < -0.39 is 133 Å². The number of carbonyl (C=O) groups excluding carboxylic acids is 5. The highest BCUT2D eigenvalue weighted by Gasteiger charge is 2.48. The largest absolute Gasteiger partial charge is 0.477 e. The van der Waals surface area contributed by atoms with Gasteiger partial charge < -0.3 is 121 Å². The van der Waals surface area contributed by atoms with Crippen molar-refractivity contribution in [1.29, 1.82) is 10.8 Å². The van der Waals surface area contributed by atoms with Crippen molar-refractivity contribution in [3.05, 3.63) is 23.7 Å². The van der Waals surface area contributed by atoms with Gasteiger partial charge in [-0.1, -0.05) is 5.92 Å². The average Bonchev–Trinajstić information content (AvgIpc) is 3.57. The second-order valence-electron chi connectivity index (χ2n) is 18.0. The monoisotopic (exact) mass is 1160 g/mol. The van der Waals surface area contributed by atoms with Gasteiger partial charge >= 0.3 is 24.1 Å². The predicted molar refractivity (Wildman–Crippen MR) is 279 cm³/mol. The van der Waals surface area contributed by atoms with Crippen LogP contribution >= 0.6 is 0 Å². The van der Waals surface area contributed by atoms with E-state index in [1.165, 1.54) is 19.0 Å². The van der Waals surface area contributed by atoms with E-state index in [9.17, 15) is 64.2 Å². The molecule has 81 heavy (non-hydrogen) atoms. The number of guanidine groups is 2. The molecule has 2 rings (SSSR count). The quantitative estimate of drug-likeness (QED) is 0.0119. The number of aliphatic hydroxyl groups excluding tert-OH is 4. The lowest BCUT2D eigenvalue weighted by molar-refractivity contribution is -0.148. The lowest BCUT2D eigenvalue weighted by Crippen LogP contribution is -2.65. The molecule has 0 saturated carbocycles. The number of nitrogens with zero attached hydrogens (tertiary/aromatic N) is 3. The highest BCUT2D eigenvalue weighted by atomic mass is 16.6. The van der Waals surface area contributed by atoms with Crippen LogP contribution in [-0.4, -0.2) is 279 Å². The molecule has 0 radical (unpaired) electrons. The fraction of sp³-hybridized carbons (Fsp3) is 0.688. The lowest BCUT2D eigenvalue weighted by Gasteiger charge is -2.41. The smallest absolute Gasteiger partial charge is 0.410 e. The molecule has 0 fully saturated rings. The average molecular weight is 1160 g/mol. The van der Waals surface area contributed by atoms with Gasteiger partial charge in [0.1, 0.15) is 18.8 Å². The molecule has 10 atom stereocenters. The number of ether oxygens (including phenoxy) is 9. The number of rotatable bonds is 38. The Kier molecular flexibility index (Phi) is 32.4. The van der Waals surface area contributed by atoms with Crippen molar-refractivity contribution in [3.8, 4) is 12.3 Å². The van der Waals surface area contributed by atoms with Crippen LogP contribution < -0.4 is 32.7 Å². The van der Waals surface area contributed by atoms with Gasteiger partial charge in [-0.3, -0.25) is 25.2 Å². The number of carboxylic acid groups (broad SMARTS) is 2. The van der Waals surface area contributed by atoms with Gasteiger partial charge in [-0.05, 0) is 25.0 Å². The lowest BCUT2D eigenvalue weighted by atomic mass is 9.91. The molecule has 0 unspecified atom stereocenters. The molecule has 5 amide bonds. The summed E-state index contributed by atoms with van der Waals surface area (Å²) in [5.74, 6) is -5.05. The molecular weight excluding hydrogens is 1080 g/mol. The minimum Gasteiger partial charge on any atom is -0.477 e. The van der Waals surface area contributed by atoms with Crippen LogP contribution in [-0.2, 0) is 66.6 Å². The predicted octanol–water partition coefficient (Wildman–Crippen LogP) is -5.27. The zero-order valence-electron chi connectivity index (χ0n) is 45.7. The summed E-state index contributed by atoms with van der Waals surface area (Å²) >= 11 is 0. The number of unbranched alkanes of at least 4 members (excludes halogenated alkanes) is 1. The number of hydrogen-bond acceptors (Lipinski definition) is 22. The van der Waals surface area contributed by atoms with Crippen molar-refractivity contribution in [2.75, 3.05) is 120 Å². The number of aliphatic hydroxyl groups is 4. The second-order valence-corrected chi connectivity index (χ2v) is 18.0. The zero-order valence-corrected chi connectivity index (χ0v) is 45.7. The van der Waals surface area contributed by atoms with Crippen molar-refractivity contribution in [2.45, 2.75) is 93.9 Å². The van der Waals surface area contributed by atoms with E-state index in [4.69, 9.17) is 71.3 Å². The second kappa shape index (κ2) is 37.6. The van der Waals surface area contributed by atoms with Gasteiger partial charge in [0.05, 0.1) is 103 Å². The van der Waals surface area contributed by atoms with Crippen LogP contribution in [0.25, 0.3) is 0 Å². The summed E-state index contributed by atoms with van der Waals surface area (Å²) in [4.78, 5) is 92.5. The summed E-state index contributed by atoms with van der Waals surface area (Å²) in [5, 5.41) is 86.3. The maximum Gasteiger partial charge on any atom is 0.410 e. The number of nitrogens with one attached hydrogen (secondary N) is 6. The van der Waals surface area contributed by atoms with Crippen LogP contribution in [0, 0.1) is 23.2 Å². The Bertz CT molecular complexity index is 2170. The van der Waals surface area contributed by atoms with Gasteiger partial charge in [0.2, 0.25) is 29.2 Å². The molecule has 0 bridgehead atoms. The van der Waals surface area contributed by atoms with Gasteiger partial charge in [-0.25, -0.2) is 19.2 Å². The van der Waals surface area contributed by atoms with Crippen LogP contribution in [0.4, 0.5) is 9.59 Å². The molecule has 2 aliphatic rings. The molecule has 16 N–H and O–H groups in total. The van der Waals surface area contributed by atoms with Crippen LogP contribution in [0.2, 0.25) is 0 Å².